The molecule has 2 aromatic rings. The molecule has 4 rings (SSSR count). The van der Waals surface area contributed by atoms with Gasteiger partial charge in [0.25, 0.3) is 17.7 Å². The minimum atomic E-state index is -4.99. The zero-order valence-corrected chi connectivity index (χ0v) is 26.4. The van der Waals surface area contributed by atoms with E-state index in [1.54, 1.807) is 0 Å². The third-order valence-electron chi connectivity index (χ3n) is 6.52. The summed E-state index contributed by atoms with van der Waals surface area (Å²) in [4.78, 5) is 109. The van der Waals surface area contributed by atoms with Gasteiger partial charge in [-0.05, 0) is 13.8 Å². The topological polar surface area (TPSA) is 353 Å². The minimum Gasteiger partial charge on any atom is -0.502 e. The Labute approximate surface area is 276 Å². The number of aliphatic carboxylic acids is 1. The number of carboxylic acid groups (broad SMARTS) is 2. The zero-order chi connectivity index (χ0) is 36.6. The zero-order valence-electron chi connectivity index (χ0n) is 24.8. The van der Waals surface area contributed by atoms with E-state index in [-0.39, 0.29) is 15.1 Å². The van der Waals surface area contributed by atoms with E-state index in [1.807, 2.05) is 10.4 Å². The molecule has 9 N–H and O–H groups in total. The number of likely N-dealkylation sites (tertiary alicyclic amines) is 1. The van der Waals surface area contributed by atoms with Crippen LogP contribution in [0, 0.1) is 0 Å². The molecule has 2 aliphatic rings. The number of oxime groups is 1. The summed E-state index contributed by atoms with van der Waals surface area (Å²) in [6.45, 7) is 0.634. The summed E-state index contributed by atoms with van der Waals surface area (Å²) in [7, 11) is -4.99. The molecule has 0 bridgehead atoms. The molecule has 2 fully saturated rings. The predicted octanol–water partition coefficient (Wildman–Crippen LogP) is -3.23. The molecule has 0 aromatic carbocycles. The number of aromatic hydroxyl groups is 1. The number of nitrogen functional groups attached to an aromatic ring is 1. The second-order valence-corrected chi connectivity index (χ2v) is 12.8. The molecule has 2 aliphatic heterocycles. The van der Waals surface area contributed by atoms with E-state index in [4.69, 9.17) is 15.7 Å². The second kappa shape index (κ2) is 13.1. The Balaban J connectivity index is 1.37. The smallest absolute Gasteiger partial charge is 0.356 e. The van der Waals surface area contributed by atoms with Gasteiger partial charge in [0, 0.05) is 11.4 Å². The van der Waals surface area contributed by atoms with Gasteiger partial charge < -0.3 is 36.2 Å². The van der Waals surface area contributed by atoms with Gasteiger partial charge in [-0.1, -0.05) is 5.16 Å². The third-order valence-corrected chi connectivity index (χ3v) is 8.54. The number of anilines is 1. The molecule has 7 amide bonds. The van der Waals surface area contributed by atoms with Crippen molar-refractivity contribution in [3.8, 4) is 5.75 Å². The maximum Gasteiger partial charge on any atom is 0.356 e. The lowest BCUT2D eigenvalue weighted by Crippen LogP contribution is -2.68. The number of imide groups is 1. The van der Waals surface area contributed by atoms with Crippen molar-refractivity contribution in [2.45, 2.75) is 25.5 Å². The summed E-state index contributed by atoms with van der Waals surface area (Å²) >= 11 is 0.910. The predicted molar refractivity (Wildman–Crippen MR) is 159 cm³/mol. The number of hydrogen-bond donors (Lipinski definition) is 8. The van der Waals surface area contributed by atoms with Gasteiger partial charge in [0.1, 0.15) is 17.4 Å². The Morgan fingerprint density at radius 1 is 1.16 bits per heavy atom. The molecular weight excluding hydrogens is 704 g/mol. The lowest BCUT2D eigenvalue weighted by Gasteiger charge is -2.36. The average molecular weight is 729 g/mol. The normalized spacial score (nSPS) is 16.6. The summed E-state index contributed by atoms with van der Waals surface area (Å²) < 4.78 is 27.3. The number of nitrogens with two attached hydrogens (primary N) is 1. The van der Waals surface area contributed by atoms with Gasteiger partial charge in [0.2, 0.25) is 11.0 Å². The monoisotopic (exact) mass is 728 g/mol. The van der Waals surface area contributed by atoms with Gasteiger partial charge in [-0.2, -0.15) is 8.42 Å². The van der Waals surface area contributed by atoms with Crippen molar-refractivity contribution < 1.29 is 62.1 Å². The van der Waals surface area contributed by atoms with Crippen LogP contribution in [0.4, 0.5) is 14.7 Å². The fraction of sp³-hybridized carbons (Fsp3) is 0.304. The molecule has 1 atom stereocenters. The van der Waals surface area contributed by atoms with Crippen LogP contribution in [0.3, 0.4) is 0 Å². The molecule has 0 radical (unpaired) electrons. The van der Waals surface area contributed by atoms with Crippen molar-refractivity contribution in [2.24, 2.45) is 5.16 Å². The molecule has 4 heterocycles. The highest BCUT2D eigenvalue weighted by molar-refractivity contribution is 7.88. The number of thiazole rings is 1. The van der Waals surface area contributed by atoms with Gasteiger partial charge in [-0.25, -0.2) is 38.2 Å². The number of H-pyrrole nitrogens is 1. The van der Waals surface area contributed by atoms with E-state index in [0.29, 0.717) is 16.0 Å². The van der Waals surface area contributed by atoms with Crippen LogP contribution >= 0.6 is 11.3 Å². The van der Waals surface area contributed by atoms with E-state index in [0.717, 1.165) is 25.2 Å². The van der Waals surface area contributed by atoms with Crippen LogP contribution in [0.15, 0.2) is 21.4 Å². The van der Waals surface area contributed by atoms with Gasteiger partial charge in [0.05, 0.1) is 19.6 Å². The quantitative estimate of drug-likeness (QED) is 0.0640. The summed E-state index contributed by atoms with van der Waals surface area (Å²) in [5.41, 5.74) is 2.00. The molecule has 49 heavy (non-hydrogen) atoms. The minimum absolute atomic E-state index is 0.0155. The van der Waals surface area contributed by atoms with Crippen molar-refractivity contribution in [3.63, 3.8) is 0 Å². The van der Waals surface area contributed by atoms with E-state index in [2.05, 4.69) is 15.5 Å². The third kappa shape index (κ3) is 7.32. The van der Waals surface area contributed by atoms with Crippen LogP contribution in [-0.4, -0.2) is 127 Å². The lowest BCUT2D eigenvalue weighted by molar-refractivity contribution is -0.161. The van der Waals surface area contributed by atoms with Gasteiger partial charge in [0.15, 0.2) is 22.3 Å². The molecule has 0 spiro atoms. The molecule has 26 heteroatoms. The number of carbonyl (C=O) groups is 7. The first-order valence-electron chi connectivity index (χ1n) is 13.2. The fourth-order valence-corrected chi connectivity index (χ4v) is 5.43. The number of hydrogen-bond acceptors (Lipinski definition) is 16. The highest BCUT2D eigenvalue weighted by atomic mass is 32.2. The largest absolute Gasteiger partial charge is 0.502 e. The number of carboxylic acids is 2. The maximum atomic E-state index is 12.9. The molecule has 0 unspecified atom stereocenters. The van der Waals surface area contributed by atoms with Crippen molar-refractivity contribution in [2.75, 3.05) is 25.4 Å². The lowest BCUT2D eigenvalue weighted by atomic mass is 10.1. The number of rotatable bonds is 11. The highest BCUT2D eigenvalue weighted by Gasteiger charge is 2.46. The molecule has 2 aromatic heterocycles. The van der Waals surface area contributed by atoms with Crippen LogP contribution in [0.25, 0.3) is 0 Å². The van der Waals surface area contributed by atoms with E-state index in [1.165, 1.54) is 10.1 Å². The molecule has 262 valence electrons. The van der Waals surface area contributed by atoms with Crippen molar-refractivity contribution in [1.82, 2.24) is 39.6 Å². The van der Waals surface area contributed by atoms with Crippen molar-refractivity contribution >= 4 is 74.1 Å². The van der Waals surface area contributed by atoms with Crippen molar-refractivity contribution in [3.05, 3.63) is 38.8 Å². The Morgan fingerprint density at radius 2 is 1.84 bits per heavy atom. The summed E-state index contributed by atoms with van der Waals surface area (Å²) in [5.74, 6) is -7.83. The molecule has 0 saturated carbocycles. The van der Waals surface area contributed by atoms with Crippen LogP contribution in [0.5, 0.6) is 5.75 Å². The van der Waals surface area contributed by atoms with Crippen molar-refractivity contribution in [1.29, 1.82) is 0 Å². The number of pyridine rings is 1. The highest BCUT2D eigenvalue weighted by Crippen LogP contribution is 2.18. The van der Waals surface area contributed by atoms with E-state index < -0.39 is 111 Å². The number of amides is 7. The Morgan fingerprint density at radius 3 is 2.41 bits per heavy atom. The summed E-state index contributed by atoms with van der Waals surface area (Å²) in [6.07, 6.45) is 0. The van der Waals surface area contributed by atoms with Crippen LogP contribution in [-0.2, 0) is 29.4 Å². The van der Waals surface area contributed by atoms with Gasteiger partial charge in [-0.15, -0.1) is 11.3 Å². The first-order valence-corrected chi connectivity index (χ1v) is 15.5. The van der Waals surface area contributed by atoms with Gasteiger partial charge in [-0.3, -0.25) is 29.5 Å². The second-order valence-electron chi connectivity index (χ2n) is 10.3. The molecule has 0 aliphatic carbocycles. The fourth-order valence-electron chi connectivity index (χ4n) is 3.82. The summed E-state index contributed by atoms with van der Waals surface area (Å²) in [5, 5.41) is 35.4. The van der Waals surface area contributed by atoms with Gasteiger partial charge >= 0.3 is 34.2 Å². The Bertz CT molecular complexity index is 1990. The number of aromatic amines is 1. The Hall–Kier alpha value is -6.31. The van der Waals surface area contributed by atoms with E-state index >= 15 is 0 Å². The molecular formula is C23H24N10O14S2. The standard InChI is InChI=1S/C23H24N10O14S2/c1-23(2,19(41)42)47-29-12(10-7-48-20(24)27-10)16(37)26-9-6-31(17(9)38)21(43)30-49(45,46)33-4-3-32(22(33)44)28-15(36)8-5-11(34)14(35)13(25-8)18(39)40/h5,7,9,35H,3-4,6H2,1-2H3,(H2,24,27)(H,25,34)(H,26,37)(H,28,36)(H,30,43)(H,39,40)(H,41,42)/t9-/m0/s1. The number of carbonyl (C=O) groups excluding carboxylic acids is 5. The average Bonchev–Trinajstić information content (AvgIpc) is 3.60. The number of hydrazine groups is 1. The van der Waals surface area contributed by atoms with Crippen LogP contribution in [0.1, 0.15) is 40.5 Å². The first-order chi connectivity index (χ1) is 22.7. The van der Waals surface area contributed by atoms with Crippen LogP contribution in [0.2, 0.25) is 0 Å². The Kier molecular flexibility index (Phi) is 9.48. The summed E-state index contributed by atoms with van der Waals surface area (Å²) in [6, 6.07) is -3.76. The number of aromatic nitrogens is 2. The first kappa shape index (κ1) is 35.5. The maximum absolute atomic E-state index is 12.9. The molecule has 24 nitrogen and oxygen atoms in total. The number of β-lactam (4-membered cyclic amide) rings is 1. The number of aromatic carboxylic acids is 1. The number of urea groups is 2. The molecule has 2 saturated heterocycles. The number of nitrogens with zero attached hydrogens (tertiary/aromatic N) is 5. The SMILES string of the molecule is CC(C)(ON=C(C(=O)N[C@H]1CN(C(=O)NS(=O)(=O)N2CCN(NC(=O)c3cc(=O)c(O)c(C(=O)O)[nH]3)C2=O)C1=O)c1csc(N)n1)C(=O)O. The van der Waals surface area contributed by atoms with Crippen LogP contribution < -0.4 is 26.6 Å². The van der Waals surface area contributed by atoms with E-state index in [9.17, 15) is 57.0 Å². The number of nitrogens with one attached hydrogen (secondary N) is 4.